The molecule has 0 atom stereocenters. The second kappa shape index (κ2) is 10.0. The van der Waals surface area contributed by atoms with E-state index in [1.54, 1.807) is 0 Å². The molecule has 0 aliphatic rings. The van der Waals surface area contributed by atoms with E-state index in [2.05, 4.69) is 170 Å². The highest BCUT2D eigenvalue weighted by atomic mass is 16.3. The van der Waals surface area contributed by atoms with Crippen LogP contribution >= 0.6 is 0 Å². The number of hydrogen-bond acceptors (Lipinski definition) is 1. The van der Waals surface area contributed by atoms with Crippen molar-refractivity contribution in [2.75, 3.05) is 0 Å². The van der Waals surface area contributed by atoms with Gasteiger partial charge in [0.05, 0.1) is 0 Å². The van der Waals surface area contributed by atoms with Crippen LogP contribution in [-0.2, 0) is 0 Å². The summed E-state index contributed by atoms with van der Waals surface area (Å²) < 4.78 is 6.25. The summed E-state index contributed by atoms with van der Waals surface area (Å²) in [5.41, 5.74) is 9.37. The maximum Gasteiger partial charge on any atom is 0.136 e. The molecule has 0 unspecified atom stereocenters. The van der Waals surface area contributed by atoms with Crippen molar-refractivity contribution in [1.82, 2.24) is 0 Å². The number of fused-ring (bicyclic) bond motifs is 5. The van der Waals surface area contributed by atoms with Gasteiger partial charge in [-0.2, -0.15) is 0 Å². The standard InChI is InChI=1S/C48H28O/c1-2-13-33-31(11-1)27-42(35-15-4-3-14-34(33)35)47-38-18-7-5-16-36(38)45(37-17-6-8-19-39(37)47)30-25-23-29(24-26-30)41-28-32-12-9-21-43-46(32)48-40(41)20-10-22-44(48)49-43/h1-28H. The van der Waals surface area contributed by atoms with Crippen molar-refractivity contribution in [3.63, 3.8) is 0 Å². The van der Waals surface area contributed by atoms with E-state index >= 15 is 0 Å². The van der Waals surface area contributed by atoms with Crippen molar-refractivity contribution < 1.29 is 4.42 Å². The topological polar surface area (TPSA) is 13.1 Å². The smallest absolute Gasteiger partial charge is 0.136 e. The molecule has 0 aliphatic heterocycles. The average molecular weight is 621 g/mol. The molecule has 226 valence electrons. The van der Waals surface area contributed by atoms with Crippen LogP contribution in [-0.4, -0.2) is 0 Å². The first-order chi connectivity index (χ1) is 24.3. The first-order valence-corrected chi connectivity index (χ1v) is 16.9. The average Bonchev–Trinajstić information content (AvgIpc) is 3.56. The van der Waals surface area contributed by atoms with Crippen LogP contribution in [0.25, 0.3) is 109 Å². The SMILES string of the molecule is c1ccc2c(c1)cc(-c1c3ccccc3c(-c3ccc(-c4cc5cccc6oc7cccc4c7c56)cc3)c3ccccc13)c1ccccc12. The molecule has 0 bridgehead atoms. The van der Waals surface area contributed by atoms with Crippen molar-refractivity contribution in [2.24, 2.45) is 0 Å². The van der Waals surface area contributed by atoms with Gasteiger partial charge in [-0.05, 0) is 112 Å². The molecule has 1 heteroatoms. The first-order valence-electron chi connectivity index (χ1n) is 16.9. The molecule has 0 amide bonds. The fourth-order valence-electron chi connectivity index (χ4n) is 8.52. The Kier molecular flexibility index (Phi) is 5.45. The predicted octanol–water partition coefficient (Wildman–Crippen LogP) is 13.8. The van der Waals surface area contributed by atoms with Crippen LogP contribution in [0.15, 0.2) is 174 Å². The molecule has 0 fully saturated rings. The van der Waals surface area contributed by atoms with E-state index in [9.17, 15) is 0 Å². The maximum absolute atomic E-state index is 6.25. The van der Waals surface area contributed by atoms with Crippen LogP contribution in [0.3, 0.4) is 0 Å². The van der Waals surface area contributed by atoms with Gasteiger partial charge in [0, 0.05) is 10.8 Å². The third-order valence-corrected chi connectivity index (χ3v) is 10.6. The lowest BCUT2D eigenvalue weighted by atomic mass is 9.83. The van der Waals surface area contributed by atoms with Gasteiger partial charge in [0.25, 0.3) is 0 Å². The summed E-state index contributed by atoms with van der Waals surface area (Å²) in [7, 11) is 0. The van der Waals surface area contributed by atoms with Gasteiger partial charge in [-0.1, -0.05) is 146 Å². The Bertz CT molecular complexity index is 3030. The van der Waals surface area contributed by atoms with Crippen LogP contribution < -0.4 is 0 Å². The van der Waals surface area contributed by atoms with Gasteiger partial charge in [0.2, 0.25) is 0 Å². The lowest BCUT2D eigenvalue weighted by Crippen LogP contribution is -1.92. The summed E-state index contributed by atoms with van der Waals surface area (Å²) in [4.78, 5) is 0. The van der Waals surface area contributed by atoms with E-state index < -0.39 is 0 Å². The number of hydrogen-bond donors (Lipinski definition) is 0. The van der Waals surface area contributed by atoms with Gasteiger partial charge in [-0.3, -0.25) is 0 Å². The monoisotopic (exact) mass is 620 g/mol. The minimum absolute atomic E-state index is 0.944. The summed E-state index contributed by atoms with van der Waals surface area (Å²) >= 11 is 0. The Morgan fingerprint density at radius 3 is 1.49 bits per heavy atom. The molecule has 1 nitrogen and oxygen atoms in total. The number of rotatable bonds is 3. The molecular weight excluding hydrogens is 593 g/mol. The Morgan fingerprint density at radius 2 is 0.776 bits per heavy atom. The van der Waals surface area contributed by atoms with E-state index in [0.717, 1.165) is 11.2 Å². The van der Waals surface area contributed by atoms with Gasteiger partial charge in [0.1, 0.15) is 11.2 Å². The minimum Gasteiger partial charge on any atom is -0.456 e. The summed E-state index contributed by atoms with van der Waals surface area (Å²) in [6.45, 7) is 0. The van der Waals surface area contributed by atoms with Crippen molar-refractivity contribution in [3.8, 4) is 33.4 Å². The molecule has 0 saturated heterocycles. The quantitative estimate of drug-likeness (QED) is 0.141. The zero-order valence-corrected chi connectivity index (χ0v) is 26.6. The highest BCUT2D eigenvalue weighted by Crippen LogP contribution is 2.47. The normalized spacial score (nSPS) is 12.1. The molecule has 0 spiro atoms. The summed E-state index contributed by atoms with van der Waals surface area (Å²) in [5, 5.41) is 15.0. The van der Waals surface area contributed by atoms with Crippen LogP contribution in [0.1, 0.15) is 0 Å². The van der Waals surface area contributed by atoms with Crippen LogP contribution in [0.4, 0.5) is 0 Å². The van der Waals surface area contributed by atoms with Crippen molar-refractivity contribution in [2.45, 2.75) is 0 Å². The molecule has 49 heavy (non-hydrogen) atoms. The van der Waals surface area contributed by atoms with Gasteiger partial charge in [0.15, 0.2) is 0 Å². The van der Waals surface area contributed by atoms with Gasteiger partial charge in [-0.15, -0.1) is 0 Å². The molecule has 1 heterocycles. The van der Waals surface area contributed by atoms with Gasteiger partial charge >= 0.3 is 0 Å². The van der Waals surface area contributed by atoms with Crippen molar-refractivity contribution in [3.05, 3.63) is 170 Å². The number of furan rings is 1. The first kappa shape index (κ1) is 26.6. The summed E-state index contributed by atoms with van der Waals surface area (Å²) in [6.07, 6.45) is 0. The molecule has 11 aromatic rings. The Hall–Kier alpha value is -6.44. The molecule has 1 aromatic heterocycles. The highest BCUT2D eigenvalue weighted by molar-refractivity contribution is 6.27. The summed E-state index contributed by atoms with van der Waals surface area (Å²) in [5.74, 6) is 0. The Morgan fingerprint density at radius 1 is 0.286 bits per heavy atom. The molecule has 0 saturated carbocycles. The van der Waals surface area contributed by atoms with Crippen LogP contribution in [0, 0.1) is 0 Å². The van der Waals surface area contributed by atoms with E-state index in [4.69, 9.17) is 4.42 Å². The van der Waals surface area contributed by atoms with Crippen molar-refractivity contribution in [1.29, 1.82) is 0 Å². The second-order valence-corrected chi connectivity index (χ2v) is 13.2. The number of benzene rings is 10. The van der Waals surface area contributed by atoms with E-state index in [1.165, 1.54) is 98.0 Å². The van der Waals surface area contributed by atoms with E-state index in [0.29, 0.717) is 0 Å². The summed E-state index contributed by atoms with van der Waals surface area (Å²) in [6, 6.07) is 62.2. The van der Waals surface area contributed by atoms with E-state index in [1.807, 2.05) is 0 Å². The van der Waals surface area contributed by atoms with Gasteiger partial charge in [-0.25, -0.2) is 0 Å². The molecule has 0 radical (unpaired) electrons. The Labute approximate surface area is 282 Å². The largest absolute Gasteiger partial charge is 0.456 e. The van der Waals surface area contributed by atoms with Crippen molar-refractivity contribution >= 4 is 75.8 Å². The third kappa shape index (κ3) is 3.76. The lowest BCUT2D eigenvalue weighted by molar-refractivity contribution is 0.669. The fourth-order valence-corrected chi connectivity index (χ4v) is 8.52. The third-order valence-electron chi connectivity index (χ3n) is 10.6. The Balaban J connectivity index is 1.16. The zero-order valence-electron chi connectivity index (χ0n) is 26.6. The maximum atomic E-state index is 6.25. The molecule has 11 rings (SSSR count). The molecule has 0 aliphatic carbocycles. The zero-order chi connectivity index (χ0) is 32.1. The van der Waals surface area contributed by atoms with E-state index in [-0.39, 0.29) is 0 Å². The fraction of sp³-hybridized carbons (Fsp3) is 0. The predicted molar refractivity (Wildman–Crippen MR) is 209 cm³/mol. The molecule has 10 aromatic carbocycles. The van der Waals surface area contributed by atoms with Crippen LogP contribution in [0.2, 0.25) is 0 Å². The van der Waals surface area contributed by atoms with Gasteiger partial charge < -0.3 is 4.42 Å². The molecular formula is C48H28O. The lowest BCUT2D eigenvalue weighted by Gasteiger charge is -2.20. The molecule has 0 N–H and O–H groups in total. The van der Waals surface area contributed by atoms with Crippen LogP contribution in [0.5, 0.6) is 0 Å². The minimum atomic E-state index is 0.944. The second-order valence-electron chi connectivity index (χ2n) is 13.2. The highest BCUT2D eigenvalue weighted by Gasteiger charge is 2.20.